The Balaban J connectivity index is 1.46. The number of fused-ring (bicyclic) bond motifs is 3. The topological polar surface area (TPSA) is 86.3 Å². The number of aromatic nitrogens is 2. The third-order valence-corrected chi connectivity index (χ3v) is 7.59. The monoisotopic (exact) mass is 538 g/mol. The largest absolute Gasteiger partial charge is 0.497 e. The smallest absolute Gasteiger partial charge is 0.323 e. The van der Waals surface area contributed by atoms with Crippen molar-refractivity contribution in [2.45, 2.75) is 18.2 Å². The molecule has 2 aliphatic rings. The SMILES string of the molecule is COc1ccc(CN2CCN3C(=O)[C@@H](Oc4nc(OC)cc(OC)n4)[C@]3(c3ccccc3)c3ccccc32)cc1. The van der Waals surface area contributed by atoms with Gasteiger partial charge in [-0.1, -0.05) is 60.7 Å². The van der Waals surface area contributed by atoms with Crippen LogP contribution in [0.2, 0.25) is 0 Å². The number of hydrogen-bond acceptors (Lipinski definition) is 8. The van der Waals surface area contributed by atoms with E-state index in [1.807, 2.05) is 59.5 Å². The highest BCUT2D eigenvalue weighted by atomic mass is 16.5. The standard InChI is InChI=1S/C31H30N4O5/c1-37-23-15-13-21(14-16-23)20-34-17-18-35-29(36)28(40-30-32-26(38-2)19-27(33-30)39-3)31(35,22-9-5-4-6-10-22)24-11-7-8-12-25(24)34/h4-16,19,28H,17-18,20H2,1-3H3/t28-,31+/m1/s1. The van der Waals surface area contributed by atoms with Crippen LogP contribution in [0, 0.1) is 0 Å². The van der Waals surface area contributed by atoms with Crippen LogP contribution in [0.25, 0.3) is 0 Å². The molecule has 1 fully saturated rings. The summed E-state index contributed by atoms with van der Waals surface area (Å²) < 4.78 is 22.3. The van der Waals surface area contributed by atoms with Gasteiger partial charge in [0.1, 0.15) is 11.3 Å². The molecule has 0 N–H and O–H groups in total. The zero-order chi connectivity index (χ0) is 27.7. The van der Waals surface area contributed by atoms with Crippen molar-refractivity contribution in [1.82, 2.24) is 14.9 Å². The van der Waals surface area contributed by atoms with Gasteiger partial charge in [-0.15, -0.1) is 0 Å². The van der Waals surface area contributed by atoms with E-state index >= 15 is 0 Å². The van der Waals surface area contributed by atoms with Gasteiger partial charge in [0.25, 0.3) is 5.91 Å². The first-order valence-electron chi connectivity index (χ1n) is 13.1. The lowest BCUT2D eigenvalue weighted by Crippen LogP contribution is -2.74. The fourth-order valence-corrected chi connectivity index (χ4v) is 5.71. The lowest BCUT2D eigenvalue weighted by atomic mass is 9.69. The number of β-lactam (4-membered cyclic amide) rings is 1. The minimum absolute atomic E-state index is 0.0151. The number of amides is 1. The van der Waals surface area contributed by atoms with Crippen molar-refractivity contribution in [1.29, 1.82) is 0 Å². The van der Waals surface area contributed by atoms with Crippen molar-refractivity contribution >= 4 is 11.6 Å². The summed E-state index contributed by atoms with van der Waals surface area (Å²) in [6, 6.07) is 27.9. The molecule has 2 atom stereocenters. The summed E-state index contributed by atoms with van der Waals surface area (Å²) in [5.74, 6) is 1.25. The van der Waals surface area contributed by atoms with Gasteiger partial charge < -0.3 is 28.7 Å². The van der Waals surface area contributed by atoms with E-state index in [-0.39, 0.29) is 23.7 Å². The quantitative estimate of drug-likeness (QED) is 0.311. The second-order valence-electron chi connectivity index (χ2n) is 9.64. The number of rotatable bonds is 8. The van der Waals surface area contributed by atoms with E-state index in [1.54, 1.807) is 13.2 Å². The van der Waals surface area contributed by atoms with E-state index in [9.17, 15) is 4.79 Å². The molecule has 6 rings (SSSR count). The van der Waals surface area contributed by atoms with Crippen molar-refractivity contribution in [3.8, 4) is 23.5 Å². The predicted molar refractivity (Wildman–Crippen MR) is 149 cm³/mol. The van der Waals surface area contributed by atoms with Crippen LogP contribution in [0.3, 0.4) is 0 Å². The Hall–Kier alpha value is -4.79. The lowest BCUT2D eigenvalue weighted by molar-refractivity contribution is -0.176. The molecular weight excluding hydrogens is 508 g/mol. The molecule has 0 aliphatic carbocycles. The summed E-state index contributed by atoms with van der Waals surface area (Å²) in [5.41, 5.74) is 3.22. The maximum absolute atomic E-state index is 13.8. The molecule has 0 spiro atoms. The van der Waals surface area contributed by atoms with Gasteiger partial charge in [0.05, 0.1) is 27.4 Å². The van der Waals surface area contributed by atoms with Gasteiger partial charge in [0.15, 0.2) is 0 Å². The maximum atomic E-state index is 13.8. The van der Waals surface area contributed by atoms with Crippen molar-refractivity contribution < 1.29 is 23.7 Å². The van der Waals surface area contributed by atoms with Crippen LogP contribution >= 0.6 is 0 Å². The molecular formula is C31H30N4O5. The second kappa shape index (κ2) is 10.4. The minimum Gasteiger partial charge on any atom is -0.497 e. The third-order valence-electron chi connectivity index (χ3n) is 7.59. The molecule has 204 valence electrons. The number of benzene rings is 3. The summed E-state index contributed by atoms with van der Waals surface area (Å²) in [5, 5.41) is 0. The highest BCUT2D eigenvalue weighted by molar-refractivity contribution is 5.94. The molecule has 2 aliphatic heterocycles. The molecule has 0 radical (unpaired) electrons. The number of carbonyl (C=O) groups is 1. The molecule has 0 unspecified atom stereocenters. The first-order chi connectivity index (χ1) is 19.6. The Bertz CT molecular complexity index is 1490. The fourth-order valence-electron chi connectivity index (χ4n) is 5.71. The number of ether oxygens (including phenoxy) is 4. The maximum Gasteiger partial charge on any atom is 0.323 e. The first kappa shape index (κ1) is 25.5. The van der Waals surface area contributed by atoms with Crippen molar-refractivity contribution in [2.75, 3.05) is 39.3 Å². The summed E-state index contributed by atoms with van der Waals surface area (Å²) in [6.45, 7) is 1.84. The number of methoxy groups -OCH3 is 3. The zero-order valence-corrected chi connectivity index (χ0v) is 22.6. The van der Waals surface area contributed by atoms with Crippen LogP contribution in [-0.2, 0) is 16.9 Å². The van der Waals surface area contributed by atoms with Crippen LogP contribution < -0.4 is 23.8 Å². The molecule has 3 heterocycles. The molecule has 1 saturated heterocycles. The molecule has 9 nitrogen and oxygen atoms in total. The van der Waals surface area contributed by atoms with E-state index in [0.29, 0.717) is 19.6 Å². The van der Waals surface area contributed by atoms with Gasteiger partial charge in [-0.3, -0.25) is 4.79 Å². The van der Waals surface area contributed by atoms with Crippen molar-refractivity contribution in [2.24, 2.45) is 0 Å². The van der Waals surface area contributed by atoms with Crippen molar-refractivity contribution in [3.05, 3.63) is 102 Å². The number of nitrogens with zero attached hydrogens (tertiary/aromatic N) is 4. The predicted octanol–water partition coefficient (Wildman–Crippen LogP) is 4.06. The summed E-state index contributed by atoms with van der Waals surface area (Å²) in [7, 11) is 4.67. The van der Waals surface area contributed by atoms with Gasteiger partial charge in [0.2, 0.25) is 17.9 Å². The highest BCUT2D eigenvalue weighted by Gasteiger charge is 2.65. The van der Waals surface area contributed by atoms with Gasteiger partial charge in [-0.2, -0.15) is 9.97 Å². The molecule has 9 heteroatoms. The number of hydrogen-bond donors (Lipinski definition) is 0. The van der Waals surface area contributed by atoms with Crippen molar-refractivity contribution in [3.63, 3.8) is 0 Å². The van der Waals surface area contributed by atoms with Crippen LogP contribution in [-0.4, -0.2) is 61.3 Å². The van der Waals surface area contributed by atoms with E-state index in [2.05, 4.69) is 39.1 Å². The van der Waals surface area contributed by atoms with Gasteiger partial charge in [-0.25, -0.2) is 0 Å². The van der Waals surface area contributed by atoms with Gasteiger partial charge in [-0.05, 0) is 29.3 Å². The molecule has 1 amide bonds. The molecule has 1 aromatic heterocycles. The Labute approximate surface area is 232 Å². The summed E-state index contributed by atoms with van der Waals surface area (Å²) >= 11 is 0. The third kappa shape index (κ3) is 4.14. The number of para-hydroxylation sites is 1. The van der Waals surface area contributed by atoms with Crippen LogP contribution in [0.4, 0.5) is 5.69 Å². The van der Waals surface area contributed by atoms with E-state index in [0.717, 1.165) is 28.1 Å². The molecule has 0 saturated carbocycles. The Morgan fingerprint density at radius 3 is 2.17 bits per heavy atom. The Morgan fingerprint density at radius 2 is 1.50 bits per heavy atom. The lowest BCUT2D eigenvalue weighted by Gasteiger charge is -2.56. The molecule has 40 heavy (non-hydrogen) atoms. The zero-order valence-electron chi connectivity index (χ0n) is 22.6. The average Bonchev–Trinajstić information content (AvgIpc) is 3.13. The molecule has 0 bridgehead atoms. The highest BCUT2D eigenvalue weighted by Crippen LogP contribution is 2.52. The summed E-state index contributed by atoms with van der Waals surface area (Å²) in [4.78, 5) is 26.8. The van der Waals surface area contributed by atoms with Gasteiger partial charge >= 0.3 is 6.01 Å². The average molecular weight is 539 g/mol. The second-order valence-corrected chi connectivity index (χ2v) is 9.64. The Kier molecular flexibility index (Phi) is 6.63. The minimum atomic E-state index is -0.895. The van der Waals surface area contributed by atoms with E-state index in [1.165, 1.54) is 14.2 Å². The normalized spacial score (nSPS) is 19.6. The number of carbonyl (C=O) groups excluding carboxylic acids is 1. The van der Waals surface area contributed by atoms with Gasteiger partial charge in [0, 0.05) is 30.9 Å². The van der Waals surface area contributed by atoms with Crippen LogP contribution in [0.15, 0.2) is 84.9 Å². The number of anilines is 1. The Morgan fingerprint density at radius 1 is 0.825 bits per heavy atom. The molecule has 3 aromatic carbocycles. The first-order valence-corrected chi connectivity index (χ1v) is 13.1. The van der Waals surface area contributed by atoms with Crippen LogP contribution in [0.5, 0.6) is 23.5 Å². The van der Waals surface area contributed by atoms with Crippen LogP contribution in [0.1, 0.15) is 16.7 Å². The summed E-state index contributed by atoms with van der Waals surface area (Å²) in [6.07, 6.45) is -0.895. The fraction of sp³-hybridized carbons (Fsp3) is 0.258. The molecule has 4 aromatic rings. The van der Waals surface area contributed by atoms with E-state index in [4.69, 9.17) is 18.9 Å². The van der Waals surface area contributed by atoms with E-state index < -0.39 is 11.6 Å².